The fraction of sp³-hybridized carbons (Fsp3) is 0.571. The summed E-state index contributed by atoms with van der Waals surface area (Å²) in [5.41, 5.74) is 6.48. The quantitative estimate of drug-likeness (QED) is 0.857. The molecule has 0 radical (unpaired) electrons. The van der Waals surface area contributed by atoms with Crippen LogP contribution < -0.4 is 11.1 Å². The maximum absolute atomic E-state index is 12.0. The van der Waals surface area contributed by atoms with E-state index in [1.165, 1.54) is 19.3 Å². The van der Waals surface area contributed by atoms with E-state index in [1.54, 1.807) is 18.3 Å². The van der Waals surface area contributed by atoms with Crippen LogP contribution in [-0.2, 0) is 0 Å². The molecule has 1 saturated heterocycles. The number of likely N-dealkylation sites (tertiary alicyclic amines) is 1. The number of hydrogen-bond donors (Lipinski definition) is 2. The van der Waals surface area contributed by atoms with Crippen LogP contribution in [0, 0.1) is 0 Å². The lowest BCUT2D eigenvalue weighted by Crippen LogP contribution is -2.44. The highest BCUT2D eigenvalue weighted by molar-refractivity contribution is 5.97. The van der Waals surface area contributed by atoms with E-state index in [-0.39, 0.29) is 11.9 Å². The van der Waals surface area contributed by atoms with Gasteiger partial charge in [-0.25, -0.2) is 4.98 Å². The number of nitrogens with one attached hydrogen (secondary N) is 1. The van der Waals surface area contributed by atoms with Crippen LogP contribution in [0.25, 0.3) is 0 Å². The maximum atomic E-state index is 12.0. The van der Waals surface area contributed by atoms with Gasteiger partial charge in [0.15, 0.2) is 5.69 Å². The topological polar surface area (TPSA) is 71.2 Å². The molecular formula is C14H22N4O. The average molecular weight is 262 g/mol. The van der Waals surface area contributed by atoms with E-state index >= 15 is 0 Å². The molecule has 1 fully saturated rings. The van der Waals surface area contributed by atoms with Crippen LogP contribution in [0.1, 0.15) is 36.7 Å². The van der Waals surface area contributed by atoms with Gasteiger partial charge in [-0.05, 0) is 45.0 Å². The Kier molecular flexibility index (Phi) is 4.74. The first kappa shape index (κ1) is 13.8. The number of rotatable bonds is 4. The van der Waals surface area contributed by atoms with E-state index in [9.17, 15) is 4.79 Å². The molecule has 1 aromatic heterocycles. The monoisotopic (exact) mass is 262 g/mol. The van der Waals surface area contributed by atoms with Crippen molar-refractivity contribution in [1.29, 1.82) is 0 Å². The van der Waals surface area contributed by atoms with Crippen LogP contribution in [-0.4, -0.2) is 41.5 Å². The summed E-state index contributed by atoms with van der Waals surface area (Å²) in [4.78, 5) is 18.5. The van der Waals surface area contributed by atoms with E-state index in [0.717, 1.165) is 19.6 Å². The zero-order valence-electron chi connectivity index (χ0n) is 11.4. The number of carbonyl (C=O) groups is 1. The second-order valence-electron chi connectivity index (χ2n) is 5.18. The number of carbonyl (C=O) groups excluding carboxylic acids is 1. The van der Waals surface area contributed by atoms with E-state index in [4.69, 9.17) is 5.73 Å². The van der Waals surface area contributed by atoms with Gasteiger partial charge in [0.1, 0.15) is 0 Å². The van der Waals surface area contributed by atoms with Gasteiger partial charge in [0.25, 0.3) is 5.91 Å². The zero-order chi connectivity index (χ0) is 13.7. The fourth-order valence-electron chi connectivity index (χ4n) is 2.47. The molecule has 0 saturated carbocycles. The molecule has 1 aromatic rings. The summed E-state index contributed by atoms with van der Waals surface area (Å²) in [6.45, 7) is 5.17. The van der Waals surface area contributed by atoms with E-state index in [2.05, 4.69) is 15.2 Å². The first-order chi connectivity index (χ1) is 9.16. The Morgan fingerprint density at radius 1 is 1.47 bits per heavy atom. The molecule has 1 aliphatic rings. The summed E-state index contributed by atoms with van der Waals surface area (Å²) in [6.07, 6.45) is 5.42. The van der Waals surface area contributed by atoms with Gasteiger partial charge in [0, 0.05) is 18.8 Å². The normalized spacial score (nSPS) is 17.9. The number of amides is 1. The van der Waals surface area contributed by atoms with Gasteiger partial charge in [-0.1, -0.05) is 6.42 Å². The summed E-state index contributed by atoms with van der Waals surface area (Å²) in [6, 6.07) is 3.52. The Morgan fingerprint density at radius 2 is 2.21 bits per heavy atom. The lowest BCUT2D eigenvalue weighted by molar-refractivity contribution is 0.0921. The zero-order valence-corrected chi connectivity index (χ0v) is 11.4. The maximum Gasteiger partial charge on any atom is 0.272 e. The predicted molar refractivity (Wildman–Crippen MR) is 75.9 cm³/mol. The first-order valence-electron chi connectivity index (χ1n) is 6.90. The third-order valence-electron chi connectivity index (χ3n) is 3.41. The SMILES string of the molecule is CC(CN1CCCCC1)NC(=O)c1ncccc1N. The van der Waals surface area contributed by atoms with E-state index in [0.29, 0.717) is 11.4 Å². The third kappa shape index (κ3) is 3.92. The number of nitrogens with zero attached hydrogens (tertiary/aromatic N) is 2. The van der Waals surface area contributed by atoms with Crippen LogP contribution in [0.2, 0.25) is 0 Å². The number of nitrogen functional groups attached to an aromatic ring is 1. The molecule has 1 unspecified atom stereocenters. The highest BCUT2D eigenvalue weighted by Crippen LogP contribution is 2.10. The molecule has 1 atom stereocenters. The Hall–Kier alpha value is -1.62. The Labute approximate surface area is 114 Å². The highest BCUT2D eigenvalue weighted by atomic mass is 16.2. The molecule has 5 heteroatoms. The number of aromatic nitrogens is 1. The Morgan fingerprint density at radius 3 is 2.89 bits per heavy atom. The number of anilines is 1. The van der Waals surface area contributed by atoms with Crippen molar-refractivity contribution in [2.45, 2.75) is 32.2 Å². The van der Waals surface area contributed by atoms with Gasteiger partial charge in [-0.15, -0.1) is 0 Å². The minimum absolute atomic E-state index is 0.104. The van der Waals surface area contributed by atoms with Crippen LogP contribution in [0.3, 0.4) is 0 Å². The van der Waals surface area contributed by atoms with Crippen molar-refractivity contribution in [3.05, 3.63) is 24.0 Å². The van der Waals surface area contributed by atoms with Crippen molar-refractivity contribution < 1.29 is 4.79 Å². The van der Waals surface area contributed by atoms with Crippen molar-refractivity contribution in [2.24, 2.45) is 0 Å². The van der Waals surface area contributed by atoms with Gasteiger partial charge in [0.05, 0.1) is 5.69 Å². The minimum Gasteiger partial charge on any atom is -0.397 e. The number of hydrogen-bond acceptors (Lipinski definition) is 4. The van der Waals surface area contributed by atoms with Gasteiger partial charge in [0.2, 0.25) is 0 Å². The summed E-state index contributed by atoms with van der Waals surface area (Å²) in [7, 11) is 0. The molecule has 2 rings (SSSR count). The van der Waals surface area contributed by atoms with Crippen molar-refractivity contribution in [3.8, 4) is 0 Å². The standard InChI is InChI=1S/C14H22N4O/c1-11(10-18-8-3-2-4-9-18)17-14(19)13-12(15)6-5-7-16-13/h5-7,11H,2-4,8-10,15H2,1H3,(H,17,19). The number of nitrogens with two attached hydrogens (primary N) is 1. The molecule has 3 N–H and O–H groups in total. The predicted octanol–water partition coefficient (Wildman–Crippen LogP) is 1.27. The molecule has 2 heterocycles. The molecule has 0 aliphatic carbocycles. The summed E-state index contributed by atoms with van der Waals surface area (Å²) in [5, 5.41) is 2.96. The van der Waals surface area contributed by atoms with Gasteiger partial charge < -0.3 is 16.0 Å². The van der Waals surface area contributed by atoms with Crippen LogP contribution >= 0.6 is 0 Å². The van der Waals surface area contributed by atoms with Crippen LogP contribution in [0.15, 0.2) is 18.3 Å². The molecule has 0 aromatic carbocycles. The first-order valence-corrected chi connectivity index (χ1v) is 6.90. The van der Waals surface area contributed by atoms with Crippen molar-refractivity contribution in [1.82, 2.24) is 15.2 Å². The number of pyridine rings is 1. The number of piperidine rings is 1. The summed E-state index contributed by atoms with van der Waals surface area (Å²) < 4.78 is 0. The fourth-order valence-corrected chi connectivity index (χ4v) is 2.47. The minimum atomic E-state index is -0.192. The van der Waals surface area contributed by atoms with Crippen LogP contribution in [0.4, 0.5) is 5.69 Å². The van der Waals surface area contributed by atoms with E-state index < -0.39 is 0 Å². The van der Waals surface area contributed by atoms with Crippen molar-refractivity contribution in [2.75, 3.05) is 25.4 Å². The lowest BCUT2D eigenvalue weighted by Gasteiger charge is -2.29. The van der Waals surface area contributed by atoms with Crippen molar-refractivity contribution in [3.63, 3.8) is 0 Å². The Bertz CT molecular complexity index is 429. The second kappa shape index (κ2) is 6.52. The average Bonchev–Trinajstić information content (AvgIpc) is 2.40. The molecule has 1 aliphatic heterocycles. The smallest absolute Gasteiger partial charge is 0.272 e. The largest absolute Gasteiger partial charge is 0.397 e. The van der Waals surface area contributed by atoms with Crippen molar-refractivity contribution >= 4 is 11.6 Å². The molecule has 104 valence electrons. The highest BCUT2D eigenvalue weighted by Gasteiger charge is 2.17. The molecule has 1 amide bonds. The third-order valence-corrected chi connectivity index (χ3v) is 3.41. The molecule has 0 spiro atoms. The Balaban J connectivity index is 1.86. The van der Waals surface area contributed by atoms with Crippen LogP contribution in [0.5, 0.6) is 0 Å². The molecule has 0 bridgehead atoms. The van der Waals surface area contributed by atoms with Gasteiger partial charge in [-0.3, -0.25) is 4.79 Å². The second-order valence-corrected chi connectivity index (χ2v) is 5.18. The summed E-state index contributed by atoms with van der Waals surface area (Å²) >= 11 is 0. The molecule has 19 heavy (non-hydrogen) atoms. The summed E-state index contributed by atoms with van der Waals surface area (Å²) in [5.74, 6) is -0.192. The molecular weight excluding hydrogens is 240 g/mol. The van der Waals surface area contributed by atoms with Gasteiger partial charge in [-0.2, -0.15) is 0 Å². The lowest BCUT2D eigenvalue weighted by atomic mass is 10.1. The molecule has 5 nitrogen and oxygen atoms in total. The van der Waals surface area contributed by atoms with Gasteiger partial charge >= 0.3 is 0 Å². The van der Waals surface area contributed by atoms with E-state index in [1.807, 2.05) is 6.92 Å².